The highest BCUT2D eigenvalue weighted by Gasteiger charge is 2.34. The van der Waals surface area contributed by atoms with Gasteiger partial charge in [0.15, 0.2) is 0 Å². The molecule has 0 spiro atoms. The molecule has 0 unspecified atom stereocenters. The Morgan fingerprint density at radius 1 is 1.48 bits per heavy atom. The Morgan fingerprint density at radius 3 is 2.81 bits per heavy atom. The van der Waals surface area contributed by atoms with Crippen molar-refractivity contribution in [1.29, 1.82) is 0 Å². The third-order valence-electron chi connectivity index (χ3n) is 3.51. The summed E-state index contributed by atoms with van der Waals surface area (Å²) >= 11 is 6.09. The first-order valence-corrected chi connectivity index (χ1v) is 7.60. The van der Waals surface area contributed by atoms with Crippen LogP contribution in [-0.4, -0.2) is 29.9 Å². The maximum Gasteiger partial charge on any atom is 0.319 e. The van der Waals surface area contributed by atoms with Gasteiger partial charge in [-0.05, 0) is 43.9 Å². The van der Waals surface area contributed by atoms with E-state index < -0.39 is 5.60 Å². The van der Waals surface area contributed by atoms with Crippen molar-refractivity contribution < 1.29 is 14.6 Å². The number of urea groups is 1. The number of halogens is 1. The number of amides is 2. The van der Waals surface area contributed by atoms with Crippen LogP contribution in [0.1, 0.15) is 32.6 Å². The van der Waals surface area contributed by atoms with Crippen LogP contribution in [0.4, 0.5) is 10.5 Å². The zero-order chi connectivity index (χ0) is 15.3. The van der Waals surface area contributed by atoms with Gasteiger partial charge in [0.05, 0.1) is 17.2 Å². The number of hydrogen-bond acceptors (Lipinski definition) is 3. The second-order valence-electron chi connectivity index (χ2n) is 5.38. The Morgan fingerprint density at radius 2 is 2.24 bits per heavy atom. The molecule has 5 nitrogen and oxygen atoms in total. The highest BCUT2D eigenvalue weighted by atomic mass is 35.5. The van der Waals surface area contributed by atoms with Crippen LogP contribution in [0.3, 0.4) is 0 Å². The van der Waals surface area contributed by atoms with Gasteiger partial charge in [0.25, 0.3) is 0 Å². The molecule has 0 bridgehead atoms. The van der Waals surface area contributed by atoms with Crippen molar-refractivity contribution in [3.63, 3.8) is 0 Å². The van der Waals surface area contributed by atoms with Crippen LogP contribution in [0.25, 0.3) is 0 Å². The number of ether oxygens (including phenoxy) is 1. The lowest BCUT2D eigenvalue weighted by atomic mass is 9.80. The highest BCUT2D eigenvalue weighted by Crippen LogP contribution is 2.31. The first-order chi connectivity index (χ1) is 10.0. The quantitative estimate of drug-likeness (QED) is 0.755. The van der Waals surface area contributed by atoms with E-state index in [2.05, 4.69) is 10.6 Å². The summed E-state index contributed by atoms with van der Waals surface area (Å²) in [7, 11) is 0. The monoisotopic (exact) mass is 312 g/mol. The van der Waals surface area contributed by atoms with Crippen molar-refractivity contribution in [1.82, 2.24) is 5.32 Å². The van der Waals surface area contributed by atoms with Gasteiger partial charge in [0, 0.05) is 12.2 Å². The smallest absolute Gasteiger partial charge is 0.319 e. The van der Waals surface area contributed by atoms with Crippen LogP contribution in [0.15, 0.2) is 18.2 Å². The standard InChI is InChI=1S/C15H21ClN2O3/c1-2-8-21-13-5-4-11(9-12(13)16)18-14(19)17-10-15(20)6-3-7-15/h4-5,9,20H,2-3,6-8,10H2,1H3,(H2,17,18,19). The zero-order valence-electron chi connectivity index (χ0n) is 12.1. The Bertz CT molecular complexity index is 504. The second kappa shape index (κ2) is 7.00. The molecule has 1 aromatic carbocycles. The number of carbonyl (C=O) groups is 1. The fourth-order valence-corrected chi connectivity index (χ4v) is 2.32. The summed E-state index contributed by atoms with van der Waals surface area (Å²) < 4.78 is 5.47. The van der Waals surface area contributed by atoms with E-state index in [0.29, 0.717) is 23.1 Å². The SMILES string of the molecule is CCCOc1ccc(NC(=O)NCC2(O)CCC2)cc1Cl. The van der Waals surface area contributed by atoms with E-state index in [4.69, 9.17) is 16.3 Å². The second-order valence-corrected chi connectivity index (χ2v) is 5.79. The van der Waals surface area contributed by atoms with Crippen LogP contribution in [0.5, 0.6) is 5.75 Å². The number of benzene rings is 1. The maximum absolute atomic E-state index is 11.8. The Labute approximate surface area is 129 Å². The van der Waals surface area contributed by atoms with Crippen molar-refractivity contribution in [2.24, 2.45) is 0 Å². The van der Waals surface area contributed by atoms with Crippen molar-refractivity contribution in [3.8, 4) is 5.75 Å². The lowest BCUT2D eigenvalue weighted by Crippen LogP contribution is -2.48. The van der Waals surface area contributed by atoms with Crippen LogP contribution < -0.4 is 15.4 Å². The summed E-state index contributed by atoms with van der Waals surface area (Å²) in [5, 5.41) is 15.7. The summed E-state index contributed by atoms with van der Waals surface area (Å²) in [6.45, 7) is 2.89. The van der Waals surface area contributed by atoms with E-state index >= 15 is 0 Å². The third kappa shape index (κ3) is 4.51. The van der Waals surface area contributed by atoms with Crippen molar-refractivity contribution in [3.05, 3.63) is 23.2 Å². The van der Waals surface area contributed by atoms with E-state index in [-0.39, 0.29) is 12.6 Å². The van der Waals surface area contributed by atoms with Gasteiger partial charge in [-0.1, -0.05) is 18.5 Å². The van der Waals surface area contributed by atoms with Gasteiger partial charge in [-0.3, -0.25) is 0 Å². The molecule has 116 valence electrons. The molecular formula is C15H21ClN2O3. The minimum Gasteiger partial charge on any atom is -0.492 e. The van der Waals surface area contributed by atoms with Crippen LogP contribution in [-0.2, 0) is 0 Å². The molecule has 1 aromatic rings. The molecule has 6 heteroatoms. The summed E-state index contributed by atoms with van der Waals surface area (Å²) in [6, 6.07) is 4.75. The molecule has 21 heavy (non-hydrogen) atoms. The summed E-state index contributed by atoms with van der Waals surface area (Å²) in [5.41, 5.74) is -0.144. The summed E-state index contributed by atoms with van der Waals surface area (Å²) in [4.78, 5) is 11.8. The van der Waals surface area contributed by atoms with E-state index in [0.717, 1.165) is 25.7 Å². The molecule has 0 heterocycles. The fraction of sp³-hybridized carbons (Fsp3) is 0.533. The van der Waals surface area contributed by atoms with E-state index in [9.17, 15) is 9.90 Å². The molecule has 1 fully saturated rings. The minimum atomic E-state index is -0.729. The number of nitrogens with one attached hydrogen (secondary N) is 2. The Kier molecular flexibility index (Phi) is 5.31. The number of anilines is 1. The average molecular weight is 313 g/mol. The minimum absolute atomic E-state index is 0.268. The lowest BCUT2D eigenvalue weighted by molar-refractivity contribution is -0.0287. The van der Waals surface area contributed by atoms with Crippen LogP contribution in [0, 0.1) is 0 Å². The number of rotatable bonds is 6. The normalized spacial score (nSPS) is 16.0. The van der Waals surface area contributed by atoms with Gasteiger partial charge in [-0.15, -0.1) is 0 Å². The maximum atomic E-state index is 11.8. The fourth-order valence-electron chi connectivity index (χ4n) is 2.09. The van der Waals surface area contributed by atoms with Crippen molar-refractivity contribution in [2.75, 3.05) is 18.5 Å². The predicted molar refractivity (Wildman–Crippen MR) is 83.1 cm³/mol. The first-order valence-electron chi connectivity index (χ1n) is 7.22. The molecule has 1 aliphatic rings. The molecule has 1 aliphatic carbocycles. The van der Waals surface area contributed by atoms with Crippen molar-refractivity contribution in [2.45, 2.75) is 38.2 Å². The highest BCUT2D eigenvalue weighted by molar-refractivity contribution is 6.32. The van der Waals surface area contributed by atoms with Gasteiger partial charge in [-0.25, -0.2) is 4.79 Å². The topological polar surface area (TPSA) is 70.6 Å². The van der Waals surface area contributed by atoms with Crippen LogP contribution >= 0.6 is 11.6 Å². The predicted octanol–water partition coefficient (Wildman–Crippen LogP) is 3.17. The number of aliphatic hydroxyl groups is 1. The van der Waals surface area contributed by atoms with Gasteiger partial charge < -0.3 is 20.5 Å². The Balaban J connectivity index is 1.84. The van der Waals surface area contributed by atoms with E-state index in [1.54, 1.807) is 18.2 Å². The lowest BCUT2D eigenvalue weighted by Gasteiger charge is -2.36. The molecule has 2 rings (SSSR count). The molecule has 2 amide bonds. The summed E-state index contributed by atoms with van der Waals surface area (Å²) in [6.07, 6.45) is 3.39. The van der Waals surface area contributed by atoms with Crippen molar-refractivity contribution >= 4 is 23.3 Å². The molecule has 0 atom stereocenters. The largest absolute Gasteiger partial charge is 0.492 e. The number of hydrogen-bond donors (Lipinski definition) is 3. The first kappa shape index (κ1) is 15.9. The zero-order valence-corrected chi connectivity index (χ0v) is 12.9. The molecular weight excluding hydrogens is 292 g/mol. The Hall–Kier alpha value is -1.46. The molecule has 1 saturated carbocycles. The molecule has 0 aliphatic heterocycles. The number of carbonyl (C=O) groups excluding carboxylic acids is 1. The third-order valence-corrected chi connectivity index (χ3v) is 3.81. The van der Waals surface area contributed by atoms with Gasteiger partial charge in [0.1, 0.15) is 5.75 Å². The summed E-state index contributed by atoms with van der Waals surface area (Å²) in [5.74, 6) is 0.605. The van der Waals surface area contributed by atoms with Gasteiger partial charge >= 0.3 is 6.03 Å². The molecule has 0 saturated heterocycles. The van der Waals surface area contributed by atoms with E-state index in [1.165, 1.54) is 0 Å². The molecule has 3 N–H and O–H groups in total. The molecule has 0 radical (unpaired) electrons. The van der Waals surface area contributed by atoms with E-state index in [1.807, 2.05) is 6.92 Å². The van der Waals surface area contributed by atoms with Gasteiger partial charge in [-0.2, -0.15) is 0 Å². The average Bonchev–Trinajstić information content (AvgIpc) is 2.42. The molecule has 0 aromatic heterocycles. The van der Waals surface area contributed by atoms with Crippen LogP contribution in [0.2, 0.25) is 5.02 Å². The van der Waals surface area contributed by atoms with Gasteiger partial charge in [0.2, 0.25) is 0 Å².